The fraction of sp³-hybridized carbons (Fsp3) is 0.316. The number of benzene rings is 2. The van der Waals surface area contributed by atoms with E-state index in [0.29, 0.717) is 5.69 Å². The van der Waals surface area contributed by atoms with Crippen LogP contribution < -0.4 is 9.62 Å². The Kier molecular flexibility index (Phi) is 6.38. The predicted molar refractivity (Wildman–Crippen MR) is 103 cm³/mol. The van der Waals surface area contributed by atoms with Crippen LogP contribution in [-0.2, 0) is 27.4 Å². The van der Waals surface area contributed by atoms with Gasteiger partial charge >= 0.3 is 6.18 Å². The van der Waals surface area contributed by atoms with Gasteiger partial charge in [0, 0.05) is 5.69 Å². The van der Waals surface area contributed by atoms with Crippen LogP contribution in [-0.4, -0.2) is 26.6 Å². The van der Waals surface area contributed by atoms with Crippen LogP contribution in [0.15, 0.2) is 48.5 Å². The molecule has 2 aromatic rings. The number of carbonyl (C=O) groups excluding carboxylic acids is 1. The molecule has 0 saturated heterocycles. The van der Waals surface area contributed by atoms with Crippen molar-refractivity contribution in [3.05, 3.63) is 59.7 Å². The molecule has 1 atom stereocenters. The summed E-state index contributed by atoms with van der Waals surface area (Å²) in [5, 5.41) is 2.35. The number of hydrogen-bond acceptors (Lipinski definition) is 3. The maximum Gasteiger partial charge on any atom is 0.416 e. The van der Waals surface area contributed by atoms with Crippen molar-refractivity contribution >= 4 is 27.3 Å². The number of hydrogen-bond donors (Lipinski definition) is 1. The van der Waals surface area contributed by atoms with Crippen LogP contribution in [0.5, 0.6) is 0 Å². The van der Waals surface area contributed by atoms with Crippen LogP contribution in [0.2, 0.25) is 0 Å². The minimum absolute atomic E-state index is 0.0681. The van der Waals surface area contributed by atoms with Gasteiger partial charge in [0.1, 0.15) is 6.04 Å². The summed E-state index contributed by atoms with van der Waals surface area (Å²) in [5.74, 6) is -0.746. The molecule has 0 fully saturated rings. The van der Waals surface area contributed by atoms with Crippen molar-refractivity contribution in [1.29, 1.82) is 0 Å². The zero-order chi connectivity index (χ0) is 21.1. The Balaban J connectivity index is 2.29. The second-order valence-corrected chi connectivity index (χ2v) is 8.18. The lowest BCUT2D eigenvalue weighted by Gasteiger charge is -2.28. The van der Waals surface area contributed by atoms with Gasteiger partial charge in [0.15, 0.2) is 0 Å². The number of anilines is 2. The molecular weight excluding hydrogens is 393 g/mol. The monoisotopic (exact) mass is 414 g/mol. The molecule has 0 aromatic heterocycles. The van der Waals surface area contributed by atoms with Crippen molar-refractivity contribution in [2.45, 2.75) is 32.5 Å². The molecule has 0 aliphatic carbocycles. The molecule has 9 heteroatoms. The summed E-state index contributed by atoms with van der Waals surface area (Å²) in [5.41, 5.74) is 0.319. The van der Waals surface area contributed by atoms with Crippen LogP contribution in [0.1, 0.15) is 25.0 Å². The molecule has 5 nitrogen and oxygen atoms in total. The van der Waals surface area contributed by atoms with Gasteiger partial charge in [-0.2, -0.15) is 13.2 Å². The first-order chi connectivity index (χ1) is 12.9. The van der Waals surface area contributed by atoms with Crippen molar-refractivity contribution in [1.82, 2.24) is 0 Å². The lowest BCUT2D eigenvalue weighted by molar-refractivity contribution is -0.137. The molecule has 28 heavy (non-hydrogen) atoms. The van der Waals surface area contributed by atoms with Gasteiger partial charge < -0.3 is 5.32 Å². The molecule has 152 valence electrons. The van der Waals surface area contributed by atoms with Gasteiger partial charge in [0.05, 0.1) is 17.5 Å². The van der Waals surface area contributed by atoms with Crippen molar-refractivity contribution < 1.29 is 26.4 Å². The number of rotatable bonds is 6. The lowest BCUT2D eigenvalue weighted by atomic mass is 10.1. The van der Waals surface area contributed by atoms with Crippen molar-refractivity contribution in [2.75, 3.05) is 15.9 Å². The second kappa shape index (κ2) is 8.22. The highest BCUT2D eigenvalue weighted by Crippen LogP contribution is 2.31. The molecule has 0 aliphatic heterocycles. The maximum atomic E-state index is 12.8. The summed E-state index contributed by atoms with van der Waals surface area (Å²) >= 11 is 0. The Morgan fingerprint density at radius 3 is 2.25 bits per heavy atom. The molecular formula is C19H21F3N2O3S. The molecule has 0 bridgehead atoms. The topological polar surface area (TPSA) is 66.5 Å². The molecule has 0 saturated carbocycles. The highest BCUT2D eigenvalue weighted by molar-refractivity contribution is 7.92. The predicted octanol–water partition coefficient (Wildman–Crippen LogP) is 4.06. The molecule has 0 heterocycles. The lowest BCUT2D eigenvalue weighted by Crippen LogP contribution is -2.45. The van der Waals surface area contributed by atoms with E-state index in [4.69, 9.17) is 0 Å². The quantitative estimate of drug-likeness (QED) is 0.775. The van der Waals surface area contributed by atoms with Gasteiger partial charge in [-0.25, -0.2) is 8.42 Å². The number of carbonyl (C=O) groups is 1. The van der Waals surface area contributed by atoms with Crippen molar-refractivity contribution in [3.63, 3.8) is 0 Å². The molecule has 2 rings (SSSR count). The van der Waals surface area contributed by atoms with Crippen molar-refractivity contribution in [3.8, 4) is 0 Å². The van der Waals surface area contributed by atoms with E-state index < -0.39 is 33.7 Å². The minimum Gasteiger partial charge on any atom is -0.324 e. The van der Waals surface area contributed by atoms with Gasteiger partial charge in [0.25, 0.3) is 0 Å². The molecule has 0 spiro atoms. The van der Waals surface area contributed by atoms with E-state index >= 15 is 0 Å². The largest absolute Gasteiger partial charge is 0.416 e. The standard InChI is InChI=1S/C19H21F3N2O3S/c1-4-14-8-10-17(11-9-14)24(28(3,26)27)13(2)18(25)23-16-7-5-6-15(12-16)19(20,21)22/h5-13H,4H2,1-3H3,(H,23,25)/t13-/m1/s1. The van der Waals surface area contributed by atoms with Gasteiger partial charge in [-0.3, -0.25) is 9.10 Å². The number of amides is 1. The first kappa shape index (κ1) is 21.7. The summed E-state index contributed by atoms with van der Waals surface area (Å²) < 4.78 is 64.0. The summed E-state index contributed by atoms with van der Waals surface area (Å²) in [7, 11) is -3.81. The summed E-state index contributed by atoms with van der Waals surface area (Å²) in [6.07, 6.45) is -2.81. The third-order valence-electron chi connectivity index (χ3n) is 4.15. The maximum absolute atomic E-state index is 12.8. The molecule has 0 aliphatic rings. The van der Waals surface area contributed by atoms with Crippen LogP contribution >= 0.6 is 0 Å². The van der Waals surface area contributed by atoms with Crippen LogP contribution in [0.3, 0.4) is 0 Å². The van der Waals surface area contributed by atoms with E-state index in [-0.39, 0.29) is 5.69 Å². The zero-order valence-corrected chi connectivity index (χ0v) is 16.4. The van der Waals surface area contributed by atoms with Gasteiger partial charge in [-0.15, -0.1) is 0 Å². The Labute approximate surface area is 162 Å². The number of halogens is 3. The minimum atomic E-state index is -4.55. The fourth-order valence-electron chi connectivity index (χ4n) is 2.71. The fourth-order valence-corrected chi connectivity index (χ4v) is 3.88. The summed E-state index contributed by atoms with van der Waals surface area (Å²) in [6.45, 7) is 3.33. The highest BCUT2D eigenvalue weighted by atomic mass is 32.2. The first-order valence-electron chi connectivity index (χ1n) is 8.50. The zero-order valence-electron chi connectivity index (χ0n) is 15.6. The van der Waals surface area contributed by atoms with E-state index in [1.54, 1.807) is 24.3 Å². The van der Waals surface area contributed by atoms with Gasteiger partial charge in [-0.1, -0.05) is 25.1 Å². The normalized spacial score (nSPS) is 13.1. The van der Waals surface area contributed by atoms with E-state index in [0.717, 1.165) is 34.7 Å². The average Bonchev–Trinajstić information content (AvgIpc) is 2.60. The number of alkyl halides is 3. The van der Waals surface area contributed by atoms with E-state index in [9.17, 15) is 26.4 Å². The number of sulfonamides is 1. The Bertz CT molecular complexity index is 942. The van der Waals surface area contributed by atoms with Crippen LogP contribution in [0.25, 0.3) is 0 Å². The van der Waals surface area contributed by atoms with Gasteiger partial charge in [-0.05, 0) is 49.2 Å². The van der Waals surface area contributed by atoms with Crippen LogP contribution in [0.4, 0.5) is 24.5 Å². The molecule has 0 radical (unpaired) electrons. The number of nitrogens with one attached hydrogen (secondary N) is 1. The second-order valence-electron chi connectivity index (χ2n) is 6.32. The van der Waals surface area contributed by atoms with E-state index in [2.05, 4.69) is 5.32 Å². The Morgan fingerprint density at radius 1 is 1.14 bits per heavy atom. The molecule has 2 aromatic carbocycles. The van der Waals surface area contributed by atoms with Crippen molar-refractivity contribution in [2.24, 2.45) is 0 Å². The first-order valence-corrected chi connectivity index (χ1v) is 10.3. The van der Waals surface area contributed by atoms with E-state index in [1.807, 2.05) is 6.92 Å². The molecule has 1 N–H and O–H groups in total. The van der Waals surface area contributed by atoms with Crippen LogP contribution in [0, 0.1) is 0 Å². The summed E-state index contributed by atoms with van der Waals surface area (Å²) in [6, 6.07) is 9.68. The third kappa shape index (κ3) is 5.25. The Hall–Kier alpha value is -2.55. The number of aryl methyl sites for hydroxylation is 1. The highest BCUT2D eigenvalue weighted by Gasteiger charge is 2.32. The SMILES string of the molecule is CCc1ccc(N([C@H](C)C(=O)Nc2cccc(C(F)(F)F)c2)S(C)(=O)=O)cc1. The summed E-state index contributed by atoms with van der Waals surface area (Å²) in [4.78, 5) is 12.6. The van der Waals surface area contributed by atoms with Gasteiger partial charge in [0.2, 0.25) is 15.9 Å². The third-order valence-corrected chi connectivity index (χ3v) is 5.39. The average molecular weight is 414 g/mol. The molecule has 1 amide bonds. The van der Waals surface area contributed by atoms with E-state index in [1.165, 1.54) is 19.1 Å². The molecule has 0 unspecified atom stereocenters. The smallest absolute Gasteiger partial charge is 0.324 e. The number of nitrogens with zero attached hydrogens (tertiary/aromatic N) is 1. The Morgan fingerprint density at radius 2 is 1.75 bits per heavy atom.